The van der Waals surface area contributed by atoms with Crippen LogP contribution in [0.2, 0.25) is 0 Å². The monoisotopic (exact) mass is 341 g/mol. The Hall–Kier alpha value is -1.56. The molecule has 0 radical (unpaired) electrons. The highest BCUT2D eigenvalue weighted by Crippen LogP contribution is 2.24. The summed E-state index contributed by atoms with van der Waals surface area (Å²) in [6.45, 7) is 5.35. The van der Waals surface area contributed by atoms with Crippen LogP contribution in [0.1, 0.15) is 18.3 Å². The molecule has 4 nitrogen and oxygen atoms in total. The number of benzene rings is 1. The number of ether oxygens (including phenoxy) is 1. The molecule has 0 saturated carbocycles. The third kappa shape index (κ3) is 2.95. The van der Waals surface area contributed by atoms with E-state index in [1.54, 1.807) is 12.1 Å². The summed E-state index contributed by atoms with van der Waals surface area (Å²) in [7, 11) is 1.45. The standard InChI is InChI=1S/C14H17BrFN3O/c1-4-19-12(14(15)9(2)18-19)8-17-10-5-6-13(20-3)11(16)7-10/h5-7,17H,4,8H2,1-3H3. The minimum Gasteiger partial charge on any atom is -0.494 e. The highest BCUT2D eigenvalue weighted by molar-refractivity contribution is 9.10. The molecule has 0 aliphatic carbocycles. The Labute approximate surface area is 126 Å². The predicted octanol–water partition coefficient (Wildman–Crippen LogP) is 3.73. The second-order valence-corrected chi connectivity index (χ2v) is 5.16. The van der Waals surface area contributed by atoms with E-state index in [2.05, 4.69) is 26.3 Å². The van der Waals surface area contributed by atoms with Crippen LogP contribution in [-0.2, 0) is 13.1 Å². The van der Waals surface area contributed by atoms with E-state index in [0.717, 1.165) is 22.4 Å². The molecule has 1 aromatic heterocycles. The van der Waals surface area contributed by atoms with Crippen molar-refractivity contribution in [2.24, 2.45) is 0 Å². The van der Waals surface area contributed by atoms with Crippen molar-refractivity contribution >= 4 is 21.6 Å². The van der Waals surface area contributed by atoms with Crippen LogP contribution >= 0.6 is 15.9 Å². The van der Waals surface area contributed by atoms with E-state index in [1.165, 1.54) is 13.2 Å². The van der Waals surface area contributed by atoms with E-state index < -0.39 is 0 Å². The van der Waals surface area contributed by atoms with Gasteiger partial charge in [0.05, 0.1) is 29.5 Å². The molecule has 108 valence electrons. The van der Waals surface area contributed by atoms with Crippen molar-refractivity contribution < 1.29 is 9.13 Å². The Kier molecular flexibility index (Phi) is 4.65. The maximum absolute atomic E-state index is 13.6. The van der Waals surface area contributed by atoms with E-state index in [1.807, 2.05) is 18.5 Å². The van der Waals surface area contributed by atoms with Gasteiger partial charge in [0.25, 0.3) is 0 Å². The fourth-order valence-electron chi connectivity index (χ4n) is 2.00. The lowest BCUT2D eigenvalue weighted by molar-refractivity contribution is 0.386. The van der Waals surface area contributed by atoms with Crippen molar-refractivity contribution in [1.82, 2.24) is 9.78 Å². The smallest absolute Gasteiger partial charge is 0.167 e. The molecule has 1 heterocycles. The number of aromatic nitrogens is 2. The SMILES string of the molecule is CCn1nc(C)c(Br)c1CNc1ccc(OC)c(F)c1. The zero-order valence-corrected chi connectivity index (χ0v) is 13.3. The lowest BCUT2D eigenvalue weighted by atomic mass is 10.2. The topological polar surface area (TPSA) is 39.1 Å². The number of hydrogen-bond donors (Lipinski definition) is 1. The average Bonchev–Trinajstić information content (AvgIpc) is 2.72. The third-order valence-corrected chi connectivity index (χ3v) is 4.10. The maximum Gasteiger partial charge on any atom is 0.167 e. The number of anilines is 1. The van der Waals surface area contributed by atoms with Crippen molar-refractivity contribution in [3.63, 3.8) is 0 Å². The minimum atomic E-state index is -0.378. The van der Waals surface area contributed by atoms with Gasteiger partial charge in [-0.1, -0.05) is 0 Å². The van der Waals surface area contributed by atoms with Gasteiger partial charge >= 0.3 is 0 Å². The van der Waals surface area contributed by atoms with Crippen LogP contribution in [0, 0.1) is 12.7 Å². The Balaban J connectivity index is 2.14. The van der Waals surface area contributed by atoms with Gasteiger partial charge in [0.2, 0.25) is 0 Å². The largest absolute Gasteiger partial charge is 0.494 e. The summed E-state index contributed by atoms with van der Waals surface area (Å²) in [5.41, 5.74) is 2.70. The van der Waals surface area contributed by atoms with Gasteiger partial charge in [-0.15, -0.1) is 0 Å². The summed E-state index contributed by atoms with van der Waals surface area (Å²) in [5, 5.41) is 7.62. The molecule has 20 heavy (non-hydrogen) atoms. The van der Waals surface area contributed by atoms with Gasteiger partial charge < -0.3 is 10.1 Å². The second-order valence-electron chi connectivity index (χ2n) is 4.36. The quantitative estimate of drug-likeness (QED) is 0.900. The number of hydrogen-bond acceptors (Lipinski definition) is 3. The van der Waals surface area contributed by atoms with Crippen LogP contribution < -0.4 is 10.1 Å². The zero-order chi connectivity index (χ0) is 14.7. The van der Waals surface area contributed by atoms with Gasteiger partial charge in [-0.05, 0) is 41.9 Å². The van der Waals surface area contributed by atoms with E-state index in [9.17, 15) is 4.39 Å². The fraction of sp³-hybridized carbons (Fsp3) is 0.357. The summed E-state index contributed by atoms with van der Waals surface area (Å²) in [6, 6.07) is 4.82. The molecular weight excluding hydrogens is 325 g/mol. The first-order valence-electron chi connectivity index (χ1n) is 6.36. The van der Waals surface area contributed by atoms with Crippen LogP contribution in [0.25, 0.3) is 0 Å². The van der Waals surface area contributed by atoms with Crippen LogP contribution in [0.3, 0.4) is 0 Å². The molecule has 0 saturated heterocycles. The number of halogens is 2. The van der Waals surface area contributed by atoms with Gasteiger partial charge in [0, 0.05) is 18.3 Å². The minimum absolute atomic E-state index is 0.242. The summed E-state index contributed by atoms with van der Waals surface area (Å²) in [4.78, 5) is 0. The molecule has 6 heteroatoms. The van der Waals surface area contributed by atoms with Crippen molar-refractivity contribution in [1.29, 1.82) is 0 Å². The maximum atomic E-state index is 13.6. The van der Waals surface area contributed by atoms with E-state index in [-0.39, 0.29) is 11.6 Å². The fourth-order valence-corrected chi connectivity index (χ4v) is 2.42. The van der Waals surface area contributed by atoms with Gasteiger partial charge in [0.15, 0.2) is 11.6 Å². The Morgan fingerprint density at radius 1 is 1.45 bits per heavy atom. The summed E-state index contributed by atoms with van der Waals surface area (Å²) in [5.74, 6) is -0.136. The van der Waals surface area contributed by atoms with Gasteiger partial charge in [-0.2, -0.15) is 5.10 Å². The highest BCUT2D eigenvalue weighted by Gasteiger charge is 2.12. The molecule has 0 aliphatic rings. The Morgan fingerprint density at radius 3 is 2.80 bits per heavy atom. The van der Waals surface area contributed by atoms with Crippen LogP contribution in [0.4, 0.5) is 10.1 Å². The van der Waals surface area contributed by atoms with Crippen molar-refractivity contribution in [2.75, 3.05) is 12.4 Å². The molecular formula is C14H17BrFN3O. The van der Waals surface area contributed by atoms with Crippen molar-refractivity contribution in [3.05, 3.63) is 39.9 Å². The highest BCUT2D eigenvalue weighted by atomic mass is 79.9. The molecule has 0 amide bonds. The molecule has 0 unspecified atom stereocenters. The molecule has 0 atom stereocenters. The second kappa shape index (κ2) is 6.26. The molecule has 1 aromatic carbocycles. The van der Waals surface area contributed by atoms with Crippen LogP contribution in [0.5, 0.6) is 5.75 Å². The third-order valence-electron chi connectivity index (χ3n) is 3.06. The zero-order valence-electron chi connectivity index (χ0n) is 11.7. The lowest BCUT2D eigenvalue weighted by Gasteiger charge is -2.10. The van der Waals surface area contributed by atoms with E-state index in [0.29, 0.717) is 12.2 Å². The summed E-state index contributed by atoms with van der Waals surface area (Å²) in [6.07, 6.45) is 0. The van der Waals surface area contributed by atoms with Gasteiger partial charge in [-0.3, -0.25) is 4.68 Å². The lowest BCUT2D eigenvalue weighted by Crippen LogP contribution is -2.08. The molecule has 2 rings (SSSR count). The molecule has 2 aromatic rings. The van der Waals surface area contributed by atoms with Gasteiger partial charge in [0.1, 0.15) is 0 Å². The Morgan fingerprint density at radius 2 is 2.20 bits per heavy atom. The normalized spacial score (nSPS) is 10.7. The first-order valence-corrected chi connectivity index (χ1v) is 7.15. The number of nitrogens with zero attached hydrogens (tertiary/aromatic N) is 2. The molecule has 0 bridgehead atoms. The molecule has 0 spiro atoms. The van der Waals surface area contributed by atoms with E-state index >= 15 is 0 Å². The van der Waals surface area contributed by atoms with Crippen molar-refractivity contribution in [2.45, 2.75) is 26.9 Å². The molecule has 1 N–H and O–H groups in total. The number of methoxy groups -OCH3 is 1. The molecule has 0 fully saturated rings. The first-order chi connectivity index (χ1) is 9.56. The van der Waals surface area contributed by atoms with Gasteiger partial charge in [-0.25, -0.2) is 4.39 Å². The summed E-state index contributed by atoms with van der Waals surface area (Å²) < 4.78 is 21.4. The van der Waals surface area contributed by atoms with Crippen molar-refractivity contribution in [3.8, 4) is 5.75 Å². The average molecular weight is 342 g/mol. The summed E-state index contributed by atoms with van der Waals surface area (Å²) >= 11 is 3.54. The number of aryl methyl sites for hydroxylation is 2. The number of nitrogens with one attached hydrogen (secondary N) is 1. The van der Waals surface area contributed by atoms with Crippen LogP contribution in [-0.4, -0.2) is 16.9 Å². The first kappa shape index (κ1) is 14.8. The van der Waals surface area contributed by atoms with E-state index in [4.69, 9.17) is 4.74 Å². The molecule has 0 aliphatic heterocycles. The Bertz CT molecular complexity index is 613. The number of rotatable bonds is 5. The van der Waals surface area contributed by atoms with Crippen LogP contribution in [0.15, 0.2) is 22.7 Å². The predicted molar refractivity (Wildman–Crippen MR) is 80.6 cm³/mol.